The van der Waals surface area contributed by atoms with Crippen LogP contribution in [0.25, 0.3) is 22.2 Å². The number of amides is 3. The second-order valence-electron chi connectivity index (χ2n) is 10.6. The smallest absolute Gasteiger partial charge is 0.413 e. The van der Waals surface area contributed by atoms with E-state index in [9.17, 15) is 23.2 Å². The lowest BCUT2D eigenvalue weighted by Gasteiger charge is -2.38. The second kappa shape index (κ2) is 11.3. The number of Topliss-reactive ketones (excluding diaryl/α,β-unsaturated/α-hetero) is 1. The minimum atomic E-state index is -1.02. The summed E-state index contributed by atoms with van der Waals surface area (Å²) in [6.07, 6.45) is -0.399. The van der Waals surface area contributed by atoms with Crippen molar-refractivity contribution in [1.29, 1.82) is 0 Å². The number of benzene rings is 3. The number of piperidine rings is 1. The Labute approximate surface area is 245 Å². The van der Waals surface area contributed by atoms with Crippen LogP contribution in [0, 0.1) is 18.6 Å². The van der Waals surface area contributed by atoms with Crippen LogP contribution >= 0.6 is 0 Å². The fourth-order valence-electron chi connectivity index (χ4n) is 5.70. The summed E-state index contributed by atoms with van der Waals surface area (Å²) in [5, 5.41) is 2.52. The van der Waals surface area contributed by atoms with Crippen LogP contribution in [0.2, 0.25) is 0 Å². The maximum atomic E-state index is 14.1. The second-order valence-corrected chi connectivity index (χ2v) is 10.6. The number of halogens is 2. The predicted molar refractivity (Wildman–Crippen MR) is 154 cm³/mol. The number of hydrogen-bond acceptors (Lipinski definition) is 6. The number of fused-ring (bicyclic) bond motifs is 2. The van der Waals surface area contributed by atoms with E-state index >= 15 is 0 Å². The number of ketones is 1. The third-order valence-corrected chi connectivity index (χ3v) is 7.81. The highest BCUT2D eigenvalue weighted by Gasteiger charge is 2.35. The molecule has 4 aromatic rings. The van der Waals surface area contributed by atoms with Gasteiger partial charge in [0, 0.05) is 24.9 Å². The summed E-state index contributed by atoms with van der Waals surface area (Å²) in [4.78, 5) is 48.5. The summed E-state index contributed by atoms with van der Waals surface area (Å²) >= 11 is 0. The molecule has 3 amide bonds. The molecular formula is C31H29F2N5O5. The zero-order valence-electron chi connectivity index (χ0n) is 23.6. The van der Waals surface area contributed by atoms with Crippen molar-refractivity contribution in [3.63, 3.8) is 0 Å². The Morgan fingerprint density at radius 3 is 2.70 bits per heavy atom. The average molecular weight is 590 g/mol. The van der Waals surface area contributed by atoms with Crippen LogP contribution in [-0.4, -0.2) is 64.5 Å². The van der Waals surface area contributed by atoms with Crippen molar-refractivity contribution in [2.75, 3.05) is 32.1 Å². The van der Waals surface area contributed by atoms with E-state index < -0.39 is 23.8 Å². The molecule has 1 fully saturated rings. The Bertz CT molecular complexity index is 1760. The summed E-state index contributed by atoms with van der Waals surface area (Å²) < 4.78 is 38.4. The summed E-state index contributed by atoms with van der Waals surface area (Å²) in [6.45, 7) is 2.98. The molecule has 0 spiro atoms. The van der Waals surface area contributed by atoms with Gasteiger partial charge in [-0.1, -0.05) is 12.1 Å². The molecule has 10 nitrogen and oxygen atoms in total. The first kappa shape index (κ1) is 28.1. The van der Waals surface area contributed by atoms with Gasteiger partial charge in [0.15, 0.2) is 11.6 Å². The van der Waals surface area contributed by atoms with Gasteiger partial charge in [-0.3, -0.25) is 10.1 Å². The molecule has 0 aliphatic carbocycles. The summed E-state index contributed by atoms with van der Waals surface area (Å²) in [5.41, 5.74) is 5.27. The Balaban J connectivity index is 1.28. The molecular weight excluding hydrogens is 560 g/mol. The third kappa shape index (κ3) is 5.60. The summed E-state index contributed by atoms with van der Waals surface area (Å²) in [6, 6.07) is 12.2. The van der Waals surface area contributed by atoms with E-state index in [4.69, 9.17) is 4.74 Å². The van der Waals surface area contributed by atoms with Crippen molar-refractivity contribution in [2.24, 2.45) is 0 Å². The van der Waals surface area contributed by atoms with Crippen molar-refractivity contribution in [3.05, 3.63) is 76.9 Å². The van der Waals surface area contributed by atoms with Gasteiger partial charge < -0.3 is 24.3 Å². The van der Waals surface area contributed by atoms with Crippen LogP contribution in [0.3, 0.4) is 0 Å². The molecule has 1 saturated heterocycles. The Morgan fingerprint density at radius 1 is 1.07 bits per heavy atom. The van der Waals surface area contributed by atoms with Gasteiger partial charge in [0.05, 0.1) is 37.3 Å². The number of aromatic amines is 1. The molecule has 2 N–H and O–H groups in total. The third-order valence-electron chi connectivity index (χ3n) is 7.81. The number of carbonyl (C=O) groups excluding carboxylic acids is 3. The van der Waals surface area contributed by atoms with Crippen molar-refractivity contribution in [1.82, 2.24) is 19.8 Å². The lowest BCUT2D eigenvalue weighted by Crippen LogP contribution is -2.48. The minimum absolute atomic E-state index is 0.0357. The monoisotopic (exact) mass is 589 g/mol. The Morgan fingerprint density at radius 2 is 1.91 bits per heavy atom. The van der Waals surface area contributed by atoms with Crippen molar-refractivity contribution >= 4 is 34.9 Å². The number of likely N-dealkylation sites (tertiary alicyclic amines) is 1. The summed E-state index contributed by atoms with van der Waals surface area (Å²) in [7, 11) is 1.27. The van der Waals surface area contributed by atoms with Gasteiger partial charge in [-0.2, -0.15) is 0 Å². The number of methoxy groups -OCH3 is 1. The molecule has 0 saturated carbocycles. The molecule has 1 unspecified atom stereocenters. The number of anilines is 1. The number of urea groups is 1. The van der Waals surface area contributed by atoms with Gasteiger partial charge in [0.2, 0.25) is 5.95 Å². The van der Waals surface area contributed by atoms with E-state index in [1.807, 2.05) is 37.3 Å². The lowest BCUT2D eigenvalue weighted by molar-refractivity contribution is -0.122. The van der Waals surface area contributed by atoms with Crippen molar-refractivity contribution < 1.29 is 32.6 Å². The molecule has 0 radical (unpaired) electrons. The number of imidazole rings is 1. The highest BCUT2D eigenvalue weighted by Crippen LogP contribution is 2.36. The number of aromatic nitrogens is 2. The SMILES string of the molecule is COC(=O)Nc1nc2ccc(-c3cc(C)c4c(c3)CN(C(=O)N3CCC(=O)CC3c3ccc(F)c(F)c3)CCO4)cc2[nH]1. The zero-order valence-corrected chi connectivity index (χ0v) is 23.6. The van der Waals surface area contributed by atoms with Crippen LogP contribution in [0.15, 0.2) is 48.5 Å². The molecule has 0 bridgehead atoms. The quantitative estimate of drug-likeness (QED) is 0.316. The number of nitrogens with zero attached hydrogens (tertiary/aromatic N) is 3. The standard InChI is InChI=1S/C31H29F2N5O5/c1-17-11-20(18-4-6-25-26(14-18)35-29(34-25)36-30(40)42-2)12-21-16-37(9-10-43-28(17)21)31(41)38-8-7-22(39)15-27(38)19-3-5-23(32)24(33)13-19/h3-6,11-14,27H,7-10,15-16H2,1-2H3,(H2,34,35,36,40). The van der Waals surface area contributed by atoms with E-state index in [-0.39, 0.29) is 50.3 Å². The minimum Gasteiger partial charge on any atom is -0.491 e. The van der Waals surface area contributed by atoms with Crippen LogP contribution in [0.4, 0.5) is 24.3 Å². The fourth-order valence-corrected chi connectivity index (χ4v) is 5.70. The molecule has 1 atom stereocenters. The number of ether oxygens (including phenoxy) is 2. The number of nitrogens with one attached hydrogen (secondary N) is 2. The van der Waals surface area contributed by atoms with Gasteiger partial charge in [-0.15, -0.1) is 0 Å². The molecule has 3 aromatic carbocycles. The maximum absolute atomic E-state index is 14.1. The number of hydrogen-bond donors (Lipinski definition) is 2. The molecule has 2 aliphatic heterocycles. The first-order valence-corrected chi connectivity index (χ1v) is 13.8. The summed E-state index contributed by atoms with van der Waals surface area (Å²) in [5.74, 6) is -1.07. The molecule has 6 rings (SSSR count). The Kier molecular flexibility index (Phi) is 7.43. The molecule has 3 heterocycles. The van der Waals surface area contributed by atoms with Gasteiger partial charge in [-0.25, -0.2) is 23.4 Å². The normalized spacial score (nSPS) is 16.8. The lowest BCUT2D eigenvalue weighted by atomic mass is 9.94. The predicted octanol–water partition coefficient (Wildman–Crippen LogP) is 5.72. The van der Waals surface area contributed by atoms with E-state index in [1.54, 1.807) is 9.80 Å². The van der Waals surface area contributed by atoms with Gasteiger partial charge in [0.25, 0.3) is 0 Å². The number of rotatable bonds is 3. The molecule has 43 heavy (non-hydrogen) atoms. The Hall–Kier alpha value is -5.00. The number of H-pyrrole nitrogens is 1. The number of aryl methyl sites for hydroxylation is 1. The van der Waals surface area contributed by atoms with Crippen molar-refractivity contribution in [3.8, 4) is 16.9 Å². The van der Waals surface area contributed by atoms with Crippen LogP contribution in [0.1, 0.15) is 35.6 Å². The first-order chi connectivity index (χ1) is 20.7. The highest BCUT2D eigenvalue weighted by molar-refractivity contribution is 5.88. The van der Waals surface area contributed by atoms with Crippen LogP contribution < -0.4 is 10.1 Å². The molecule has 12 heteroatoms. The van der Waals surface area contributed by atoms with E-state index in [0.29, 0.717) is 28.9 Å². The highest BCUT2D eigenvalue weighted by atomic mass is 19.2. The fraction of sp³-hybridized carbons (Fsp3) is 0.290. The van der Waals surface area contributed by atoms with Crippen LogP contribution in [-0.2, 0) is 16.1 Å². The van der Waals surface area contributed by atoms with E-state index in [1.165, 1.54) is 13.2 Å². The molecule has 1 aromatic heterocycles. The first-order valence-electron chi connectivity index (χ1n) is 13.8. The van der Waals surface area contributed by atoms with E-state index in [0.717, 1.165) is 34.4 Å². The largest absolute Gasteiger partial charge is 0.491 e. The molecule has 2 aliphatic rings. The van der Waals surface area contributed by atoms with Gasteiger partial charge >= 0.3 is 12.1 Å². The topological polar surface area (TPSA) is 117 Å². The average Bonchev–Trinajstić information content (AvgIpc) is 3.26. The maximum Gasteiger partial charge on any atom is 0.413 e. The van der Waals surface area contributed by atoms with Crippen LogP contribution in [0.5, 0.6) is 5.75 Å². The van der Waals surface area contributed by atoms with E-state index in [2.05, 4.69) is 20.0 Å². The van der Waals surface area contributed by atoms with Gasteiger partial charge in [0.1, 0.15) is 18.1 Å². The van der Waals surface area contributed by atoms with Crippen molar-refractivity contribution in [2.45, 2.75) is 32.4 Å². The van der Waals surface area contributed by atoms with Gasteiger partial charge in [-0.05, 0) is 65.6 Å². The zero-order chi connectivity index (χ0) is 30.2. The number of carbonyl (C=O) groups is 3. The molecule has 222 valence electrons.